The van der Waals surface area contributed by atoms with E-state index in [1.165, 1.54) is 12.8 Å². The molecule has 1 fully saturated rings. The zero-order chi connectivity index (χ0) is 12.4. The fourth-order valence-corrected chi connectivity index (χ4v) is 2.21. The molecule has 94 valence electrons. The molecule has 2 rings (SSSR count). The Morgan fingerprint density at radius 3 is 2.71 bits per heavy atom. The van der Waals surface area contributed by atoms with Crippen LogP contribution in [-0.2, 0) is 0 Å². The standard InChI is InChI=1S/C14H22N2O/c1-4-15-10(2)13-8-7-12(9-14(13)17)16(3)11-5-6-11/h7-11,15,17H,4-6H2,1-3H3. The minimum Gasteiger partial charge on any atom is -0.508 e. The summed E-state index contributed by atoms with van der Waals surface area (Å²) in [6, 6.07) is 6.87. The molecule has 0 heterocycles. The molecule has 0 spiro atoms. The number of rotatable bonds is 5. The molecule has 17 heavy (non-hydrogen) atoms. The SMILES string of the molecule is CCNC(C)c1ccc(N(C)C2CC2)cc1O. The molecule has 1 unspecified atom stereocenters. The molecular weight excluding hydrogens is 212 g/mol. The lowest BCUT2D eigenvalue weighted by atomic mass is 10.1. The minimum absolute atomic E-state index is 0.195. The molecule has 1 aromatic rings. The van der Waals surface area contributed by atoms with Crippen LogP contribution in [0.25, 0.3) is 0 Å². The van der Waals surface area contributed by atoms with E-state index in [1.54, 1.807) is 0 Å². The number of phenolic OH excluding ortho intramolecular Hbond substituents is 1. The highest BCUT2D eigenvalue weighted by molar-refractivity contribution is 5.54. The van der Waals surface area contributed by atoms with Crippen LogP contribution in [0.2, 0.25) is 0 Å². The van der Waals surface area contributed by atoms with Gasteiger partial charge in [0.05, 0.1) is 0 Å². The van der Waals surface area contributed by atoms with Crippen LogP contribution in [0.15, 0.2) is 18.2 Å². The zero-order valence-corrected chi connectivity index (χ0v) is 10.9. The molecule has 1 aliphatic carbocycles. The molecule has 0 aromatic heterocycles. The number of phenols is 1. The van der Waals surface area contributed by atoms with E-state index < -0.39 is 0 Å². The molecule has 0 aliphatic heterocycles. The van der Waals surface area contributed by atoms with E-state index >= 15 is 0 Å². The summed E-state index contributed by atoms with van der Waals surface area (Å²) in [5, 5.41) is 13.4. The third-order valence-electron chi connectivity index (χ3n) is 3.49. The summed E-state index contributed by atoms with van der Waals surface area (Å²) in [5.41, 5.74) is 2.08. The van der Waals surface area contributed by atoms with Crippen molar-refractivity contribution in [3.63, 3.8) is 0 Å². The maximum absolute atomic E-state index is 10.1. The summed E-state index contributed by atoms with van der Waals surface area (Å²) >= 11 is 0. The molecule has 1 aromatic carbocycles. The minimum atomic E-state index is 0.195. The Labute approximate surface area is 103 Å². The van der Waals surface area contributed by atoms with E-state index in [2.05, 4.69) is 37.2 Å². The highest BCUT2D eigenvalue weighted by Gasteiger charge is 2.26. The normalized spacial score (nSPS) is 16.9. The first-order chi connectivity index (χ1) is 8.13. The molecule has 0 radical (unpaired) electrons. The van der Waals surface area contributed by atoms with Crippen LogP contribution in [0.1, 0.15) is 38.3 Å². The first kappa shape index (κ1) is 12.2. The van der Waals surface area contributed by atoms with Crippen LogP contribution in [0, 0.1) is 0 Å². The molecule has 3 nitrogen and oxygen atoms in total. The van der Waals surface area contributed by atoms with Crippen molar-refractivity contribution in [1.29, 1.82) is 0 Å². The lowest BCUT2D eigenvalue weighted by molar-refractivity contribution is 0.454. The summed E-state index contributed by atoms with van der Waals surface area (Å²) in [7, 11) is 2.10. The van der Waals surface area contributed by atoms with Crippen molar-refractivity contribution >= 4 is 5.69 Å². The number of aromatic hydroxyl groups is 1. The van der Waals surface area contributed by atoms with Crippen molar-refractivity contribution in [2.24, 2.45) is 0 Å². The van der Waals surface area contributed by atoms with E-state index in [0.717, 1.165) is 17.8 Å². The molecule has 3 heteroatoms. The second-order valence-electron chi connectivity index (χ2n) is 4.86. The van der Waals surface area contributed by atoms with Crippen LogP contribution in [0.5, 0.6) is 5.75 Å². The number of nitrogens with one attached hydrogen (secondary N) is 1. The largest absolute Gasteiger partial charge is 0.508 e. The smallest absolute Gasteiger partial charge is 0.122 e. The number of benzene rings is 1. The molecule has 1 atom stereocenters. The zero-order valence-electron chi connectivity index (χ0n) is 10.9. The number of nitrogens with zero attached hydrogens (tertiary/aromatic N) is 1. The topological polar surface area (TPSA) is 35.5 Å². The molecular formula is C14H22N2O. The third-order valence-corrected chi connectivity index (χ3v) is 3.49. The van der Waals surface area contributed by atoms with Gasteiger partial charge in [-0.15, -0.1) is 0 Å². The van der Waals surface area contributed by atoms with E-state index in [0.29, 0.717) is 11.8 Å². The Hall–Kier alpha value is -1.22. The summed E-state index contributed by atoms with van der Waals surface area (Å²) in [5.74, 6) is 0.392. The van der Waals surface area contributed by atoms with Gasteiger partial charge in [0, 0.05) is 36.4 Å². The highest BCUT2D eigenvalue weighted by Crippen LogP contribution is 2.34. The summed E-state index contributed by atoms with van der Waals surface area (Å²) < 4.78 is 0. The van der Waals surface area contributed by atoms with Gasteiger partial charge in [-0.05, 0) is 32.4 Å². The maximum Gasteiger partial charge on any atom is 0.122 e. The number of hydrogen-bond acceptors (Lipinski definition) is 3. The molecule has 2 N–H and O–H groups in total. The quantitative estimate of drug-likeness (QED) is 0.822. The van der Waals surface area contributed by atoms with E-state index in [9.17, 15) is 5.11 Å². The van der Waals surface area contributed by atoms with E-state index in [4.69, 9.17) is 0 Å². The van der Waals surface area contributed by atoms with Gasteiger partial charge in [-0.2, -0.15) is 0 Å². The van der Waals surface area contributed by atoms with Gasteiger partial charge in [0.25, 0.3) is 0 Å². The first-order valence-corrected chi connectivity index (χ1v) is 6.42. The van der Waals surface area contributed by atoms with Gasteiger partial charge in [0.15, 0.2) is 0 Å². The van der Waals surface area contributed by atoms with Gasteiger partial charge in [0.1, 0.15) is 5.75 Å². The fourth-order valence-electron chi connectivity index (χ4n) is 2.21. The van der Waals surface area contributed by atoms with Gasteiger partial charge in [-0.25, -0.2) is 0 Å². The van der Waals surface area contributed by atoms with Gasteiger partial charge < -0.3 is 15.3 Å². The predicted octanol–water partition coefficient (Wildman–Crippen LogP) is 2.66. The third kappa shape index (κ3) is 2.72. The molecule has 0 saturated heterocycles. The Morgan fingerprint density at radius 2 is 2.18 bits per heavy atom. The van der Waals surface area contributed by atoms with Crippen LogP contribution >= 0.6 is 0 Å². The summed E-state index contributed by atoms with van der Waals surface area (Å²) in [4.78, 5) is 2.25. The summed E-state index contributed by atoms with van der Waals surface area (Å²) in [6.07, 6.45) is 2.54. The molecule has 1 aliphatic rings. The van der Waals surface area contributed by atoms with Crippen molar-refractivity contribution in [2.45, 2.75) is 38.8 Å². The first-order valence-electron chi connectivity index (χ1n) is 6.42. The van der Waals surface area contributed by atoms with Crippen LogP contribution < -0.4 is 10.2 Å². The van der Waals surface area contributed by atoms with Gasteiger partial charge in [-0.1, -0.05) is 13.0 Å². The van der Waals surface area contributed by atoms with Crippen molar-refractivity contribution in [2.75, 3.05) is 18.5 Å². The molecule has 0 bridgehead atoms. The average molecular weight is 234 g/mol. The Morgan fingerprint density at radius 1 is 1.47 bits per heavy atom. The monoisotopic (exact) mass is 234 g/mol. The van der Waals surface area contributed by atoms with Crippen LogP contribution in [-0.4, -0.2) is 24.7 Å². The molecule has 1 saturated carbocycles. The lowest BCUT2D eigenvalue weighted by Gasteiger charge is -2.21. The van der Waals surface area contributed by atoms with Crippen LogP contribution in [0.3, 0.4) is 0 Å². The Kier molecular flexibility index (Phi) is 3.57. The van der Waals surface area contributed by atoms with E-state index in [1.807, 2.05) is 12.1 Å². The van der Waals surface area contributed by atoms with Gasteiger partial charge in [0.2, 0.25) is 0 Å². The van der Waals surface area contributed by atoms with Crippen molar-refractivity contribution in [1.82, 2.24) is 5.32 Å². The number of hydrogen-bond donors (Lipinski definition) is 2. The Balaban J connectivity index is 2.15. The Bertz CT molecular complexity index is 388. The second kappa shape index (κ2) is 4.96. The van der Waals surface area contributed by atoms with Gasteiger partial charge >= 0.3 is 0 Å². The van der Waals surface area contributed by atoms with Crippen molar-refractivity contribution < 1.29 is 5.11 Å². The summed E-state index contributed by atoms with van der Waals surface area (Å²) in [6.45, 7) is 5.05. The van der Waals surface area contributed by atoms with Crippen molar-refractivity contribution in [3.05, 3.63) is 23.8 Å². The fraction of sp³-hybridized carbons (Fsp3) is 0.571. The predicted molar refractivity (Wildman–Crippen MR) is 71.6 cm³/mol. The second-order valence-corrected chi connectivity index (χ2v) is 4.86. The van der Waals surface area contributed by atoms with Gasteiger partial charge in [-0.3, -0.25) is 0 Å². The van der Waals surface area contributed by atoms with Crippen LogP contribution in [0.4, 0.5) is 5.69 Å². The highest BCUT2D eigenvalue weighted by atomic mass is 16.3. The average Bonchev–Trinajstić information content (AvgIpc) is 3.12. The lowest BCUT2D eigenvalue weighted by Crippen LogP contribution is -2.20. The number of anilines is 1. The molecule has 0 amide bonds. The van der Waals surface area contributed by atoms with E-state index in [-0.39, 0.29) is 6.04 Å². The van der Waals surface area contributed by atoms with Crippen molar-refractivity contribution in [3.8, 4) is 5.75 Å². The maximum atomic E-state index is 10.1.